The first kappa shape index (κ1) is 13.3. The Hall–Kier alpha value is -1.65. The average Bonchev–Trinajstić information content (AvgIpc) is 3.11. The maximum absolute atomic E-state index is 8.98. The van der Waals surface area contributed by atoms with Gasteiger partial charge in [0, 0.05) is 18.7 Å². The van der Waals surface area contributed by atoms with Gasteiger partial charge in [-0.2, -0.15) is 0 Å². The highest BCUT2D eigenvalue weighted by atomic mass is 16.4. The van der Waals surface area contributed by atoms with Gasteiger partial charge in [0.1, 0.15) is 0 Å². The molecular weight excluding hydrogens is 252 g/mol. The molecule has 1 atom stereocenters. The third-order valence-corrected chi connectivity index (χ3v) is 3.88. The number of oxazole rings is 1. The van der Waals surface area contributed by atoms with E-state index >= 15 is 0 Å². The van der Waals surface area contributed by atoms with E-state index in [-0.39, 0.29) is 6.61 Å². The lowest BCUT2D eigenvalue weighted by Gasteiger charge is -2.13. The fourth-order valence-electron chi connectivity index (χ4n) is 2.79. The molecule has 0 saturated carbocycles. The molecule has 0 spiro atoms. The minimum absolute atomic E-state index is 0.287. The van der Waals surface area contributed by atoms with Crippen LogP contribution in [0.15, 0.2) is 40.9 Å². The van der Waals surface area contributed by atoms with Crippen LogP contribution in [0.2, 0.25) is 0 Å². The summed E-state index contributed by atoms with van der Waals surface area (Å²) in [6, 6.07) is 10.0. The van der Waals surface area contributed by atoms with Crippen molar-refractivity contribution in [2.24, 2.45) is 5.92 Å². The second kappa shape index (κ2) is 6.20. The lowest BCUT2D eigenvalue weighted by Crippen LogP contribution is -2.20. The van der Waals surface area contributed by atoms with Crippen molar-refractivity contribution >= 4 is 0 Å². The minimum atomic E-state index is 0.287. The molecule has 1 unspecified atom stereocenters. The second-order valence-electron chi connectivity index (χ2n) is 5.39. The molecule has 0 aliphatic carbocycles. The zero-order chi connectivity index (χ0) is 13.8. The van der Waals surface area contributed by atoms with Gasteiger partial charge in [-0.05, 0) is 25.3 Å². The van der Waals surface area contributed by atoms with E-state index < -0.39 is 0 Å². The molecule has 106 valence electrons. The first-order valence-corrected chi connectivity index (χ1v) is 7.18. The molecule has 0 bridgehead atoms. The molecule has 1 N–H and O–H groups in total. The molecule has 1 aliphatic rings. The predicted molar refractivity (Wildman–Crippen MR) is 77.0 cm³/mol. The summed E-state index contributed by atoms with van der Waals surface area (Å²) in [5.41, 5.74) is 1.06. The molecule has 4 heteroatoms. The van der Waals surface area contributed by atoms with Crippen molar-refractivity contribution in [2.75, 3.05) is 19.7 Å². The Labute approximate surface area is 119 Å². The number of likely N-dealkylation sites (tertiary alicyclic amines) is 1. The molecular formula is C16H20N2O2. The first-order valence-electron chi connectivity index (χ1n) is 7.18. The van der Waals surface area contributed by atoms with Crippen molar-refractivity contribution in [2.45, 2.75) is 19.4 Å². The molecule has 20 heavy (non-hydrogen) atoms. The monoisotopic (exact) mass is 272 g/mol. The molecule has 1 saturated heterocycles. The van der Waals surface area contributed by atoms with E-state index in [1.807, 2.05) is 30.3 Å². The predicted octanol–water partition coefficient (Wildman–Crippen LogP) is 2.55. The van der Waals surface area contributed by atoms with Crippen LogP contribution in [0.5, 0.6) is 0 Å². The number of benzene rings is 1. The SMILES string of the molecule is OCCC1CCN(Cc2ncc(-c3ccccc3)o2)C1. The number of aliphatic hydroxyl groups excluding tert-OH is 1. The fraction of sp³-hybridized carbons (Fsp3) is 0.438. The molecule has 1 fully saturated rings. The van der Waals surface area contributed by atoms with Gasteiger partial charge in [0.2, 0.25) is 5.89 Å². The van der Waals surface area contributed by atoms with E-state index in [2.05, 4.69) is 9.88 Å². The molecule has 1 aromatic heterocycles. The third kappa shape index (κ3) is 3.08. The van der Waals surface area contributed by atoms with E-state index in [1.54, 1.807) is 6.20 Å². The van der Waals surface area contributed by atoms with Gasteiger partial charge in [0.15, 0.2) is 5.76 Å². The van der Waals surface area contributed by atoms with Crippen LogP contribution >= 0.6 is 0 Å². The summed E-state index contributed by atoms with van der Waals surface area (Å²) in [5.74, 6) is 2.21. The summed E-state index contributed by atoms with van der Waals surface area (Å²) in [6.45, 7) is 3.14. The van der Waals surface area contributed by atoms with E-state index in [0.29, 0.717) is 5.92 Å². The van der Waals surface area contributed by atoms with Gasteiger partial charge in [0.05, 0.1) is 12.7 Å². The highest BCUT2D eigenvalue weighted by molar-refractivity contribution is 5.55. The standard InChI is InChI=1S/C16H20N2O2/c19-9-7-13-6-8-18(11-13)12-16-17-10-15(20-16)14-4-2-1-3-5-14/h1-5,10,13,19H,6-9,11-12H2. The number of rotatable bonds is 5. The molecule has 1 aromatic carbocycles. The number of hydrogen-bond donors (Lipinski definition) is 1. The van der Waals surface area contributed by atoms with E-state index in [9.17, 15) is 0 Å². The summed E-state index contributed by atoms with van der Waals surface area (Å²) < 4.78 is 5.82. The van der Waals surface area contributed by atoms with Crippen LogP contribution in [0.4, 0.5) is 0 Å². The molecule has 0 radical (unpaired) electrons. The lowest BCUT2D eigenvalue weighted by atomic mass is 10.1. The molecule has 1 aliphatic heterocycles. The van der Waals surface area contributed by atoms with Crippen LogP contribution in [-0.4, -0.2) is 34.7 Å². The largest absolute Gasteiger partial charge is 0.439 e. The Bertz CT molecular complexity index is 538. The quantitative estimate of drug-likeness (QED) is 0.908. The van der Waals surface area contributed by atoms with Gasteiger partial charge in [-0.15, -0.1) is 0 Å². The summed E-state index contributed by atoms with van der Waals surface area (Å²) in [6.07, 6.45) is 3.86. The maximum Gasteiger partial charge on any atom is 0.209 e. The summed E-state index contributed by atoms with van der Waals surface area (Å²) in [4.78, 5) is 6.72. The Morgan fingerprint density at radius 1 is 1.30 bits per heavy atom. The number of aromatic nitrogens is 1. The minimum Gasteiger partial charge on any atom is -0.439 e. The topological polar surface area (TPSA) is 49.5 Å². The van der Waals surface area contributed by atoms with Crippen molar-refractivity contribution in [3.63, 3.8) is 0 Å². The average molecular weight is 272 g/mol. The van der Waals surface area contributed by atoms with Crippen LogP contribution < -0.4 is 0 Å². The summed E-state index contributed by atoms with van der Waals surface area (Å²) >= 11 is 0. The molecule has 4 nitrogen and oxygen atoms in total. The van der Waals surface area contributed by atoms with Crippen molar-refractivity contribution in [1.82, 2.24) is 9.88 Å². The van der Waals surface area contributed by atoms with Gasteiger partial charge in [-0.1, -0.05) is 30.3 Å². The third-order valence-electron chi connectivity index (χ3n) is 3.88. The van der Waals surface area contributed by atoms with E-state index in [1.165, 1.54) is 0 Å². The van der Waals surface area contributed by atoms with E-state index in [0.717, 1.165) is 49.7 Å². The van der Waals surface area contributed by atoms with E-state index in [4.69, 9.17) is 9.52 Å². The Kier molecular flexibility index (Phi) is 4.14. The maximum atomic E-state index is 8.98. The van der Waals surface area contributed by atoms with Gasteiger partial charge in [0.25, 0.3) is 0 Å². The smallest absolute Gasteiger partial charge is 0.209 e. The lowest BCUT2D eigenvalue weighted by molar-refractivity contribution is 0.243. The van der Waals surface area contributed by atoms with Crippen LogP contribution in [0.3, 0.4) is 0 Å². The van der Waals surface area contributed by atoms with Crippen molar-refractivity contribution in [3.8, 4) is 11.3 Å². The normalized spacial score (nSPS) is 19.6. The van der Waals surface area contributed by atoms with Gasteiger partial charge >= 0.3 is 0 Å². The number of nitrogens with zero attached hydrogens (tertiary/aromatic N) is 2. The first-order chi connectivity index (χ1) is 9.85. The van der Waals surface area contributed by atoms with Crippen LogP contribution in [0, 0.1) is 5.92 Å². The number of aliphatic hydroxyl groups is 1. The fourth-order valence-corrected chi connectivity index (χ4v) is 2.79. The van der Waals surface area contributed by atoms with Crippen molar-refractivity contribution in [1.29, 1.82) is 0 Å². The summed E-state index contributed by atoms with van der Waals surface area (Å²) in [7, 11) is 0. The van der Waals surface area contributed by atoms with Crippen LogP contribution in [0.25, 0.3) is 11.3 Å². The van der Waals surface area contributed by atoms with Gasteiger partial charge in [-0.3, -0.25) is 4.90 Å². The molecule has 0 amide bonds. The van der Waals surface area contributed by atoms with Crippen LogP contribution in [0.1, 0.15) is 18.7 Å². The Balaban J connectivity index is 1.61. The Morgan fingerprint density at radius 2 is 2.15 bits per heavy atom. The van der Waals surface area contributed by atoms with Crippen molar-refractivity contribution in [3.05, 3.63) is 42.4 Å². The number of hydrogen-bond acceptors (Lipinski definition) is 4. The summed E-state index contributed by atoms with van der Waals surface area (Å²) in [5, 5.41) is 8.98. The van der Waals surface area contributed by atoms with Crippen LogP contribution in [-0.2, 0) is 6.54 Å². The highest BCUT2D eigenvalue weighted by Gasteiger charge is 2.23. The second-order valence-corrected chi connectivity index (χ2v) is 5.39. The van der Waals surface area contributed by atoms with Gasteiger partial charge in [-0.25, -0.2) is 4.98 Å². The molecule has 3 rings (SSSR count). The molecule has 2 aromatic rings. The van der Waals surface area contributed by atoms with Gasteiger partial charge < -0.3 is 9.52 Å². The Morgan fingerprint density at radius 3 is 2.95 bits per heavy atom. The molecule has 2 heterocycles. The zero-order valence-electron chi connectivity index (χ0n) is 11.5. The highest BCUT2D eigenvalue weighted by Crippen LogP contribution is 2.23. The zero-order valence-corrected chi connectivity index (χ0v) is 11.5. The van der Waals surface area contributed by atoms with Crippen molar-refractivity contribution < 1.29 is 9.52 Å².